The van der Waals surface area contributed by atoms with Crippen molar-refractivity contribution in [3.8, 4) is 11.1 Å². The SMILES string of the molecule is CCCc1c(Cc2ccc(-c3ccccc3)c(C3=NNC(=O)C3)c2)c(=O)n(C2CCC(=O)CC2)c2nc(C)nn12. The number of hydrazone groups is 1. The van der Waals surface area contributed by atoms with Crippen molar-refractivity contribution >= 4 is 23.2 Å². The van der Waals surface area contributed by atoms with E-state index in [1.54, 1.807) is 4.57 Å². The minimum atomic E-state index is -0.134. The van der Waals surface area contributed by atoms with Gasteiger partial charge in [-0.05, 0) is 48.9 Å². The van der Waals surface area contributed by atoms with Crippen LogP contribution in [0, 0.1) is 6.92 Å². The zero-order chi connectivity index (χ0) is 27.8. The number of carbonyl (C=O) groups excluding carboxylic acids is 2. The third-order valence-electron chi connectivity index (χ3n) is 7.86. The van der Waals surface area contributed by atoms with E-state index >= 15 is 0 Å². The zero-order valence-corrected chi connectivity index (χ0v) is 22.8. The van der Waals surface area contributed by atoms with Crippen molar-refractivity contribution in [3.05, 3.63) is 87.1 Å². The summed E-state index contributed by atoms with van der Waals surface area (Å²) in [5.41, 5.74) is 8.61. The molecule has 9 heteroatoms. The Hall–Kier alpha value is -4.40. The molecule has 1 saturated carbocycles. The first-order valence-electron chi connectivity index (χ1n) is 14.0. The lowest BCUT2D eigenvalue weighted by Gasteiger charge is -2.25. The zero-order valence-electron chi connectivity index (χ0n) is 22.8. The van der Waals surface area contributed by atoms with E-state index in [1.165, 1.54) is 0 Å². The summed E-state index contributed by atoms with van der Waals surface area (Å²) in [6.45, 7) is 3.93. The molecule has 0 atom stereocenters. The molecule has 9 nitrogen and oxygen atoms in total. The van der Waals surface area contributed by atoms with Gasteiger partial charge in [-0.15, -0.1) is 0 Å². The molecule has 1 fully saturated rings. The molecule has 1 aliphatic carbocycles. The molecule has 6 rings (SSSR count). The van der Waals surface area contributed by atoms with Gasteiger partial charge in [-0.25, -0.2) is 9.94 Å². The largest absolute Gasteiger partial charge is 0.300 e. The summed E-state index contributed by atoms with van der Waals surface area (Å²) in [7, 11) is 0. The van der Waals surface area contributed by atoms with Crippen LogP contribution in [0.1, 0.15) is 79.7 Å². The number of nitrogens with zero attached hydrogens (tertiary/aromatic N) is 5. The molecule has 1 aliphatic heterocycles. The van der Waals surface area contributed by atoms with Crippen molar-refractivity contribution in [3.63, 3.8) is 0 Å². The van der Waals surface area contributed by atoms with Crippen LogP contribution in [0.25, 0.3) is 16.9 Å². The van der Waals surface area contributed by atoms with E-state index in [2.05, 4.69) is 28.5 Å². The van der Waals surface area contributed by atoms with E-state index in [1.807, 2.05) is 53.9 Å². The fourth-order valence-electron chi connectivity index (χ4n) is 5.94. The summed E-state index contributed by atoms with van der Waals surface area (Å²) in [5.74, 6) is 1.28. The van der Waals surface area contributed by atoms with Gasteiger partial charge in [0, 0.05) is 36.4 Å². The molecule has 1 N–H and O–H groups in total. The molecule has 40 heavy (non-hydrogen) atoms. The highest BCUT2D eigenvalue weighted by Crippen LogP contribution is 2.30. The van der Waals surface area contributed by atoms with E-state index in [4.69, 9.17) is 5.10 Å². The first kappa shape index (κ1) is 25.9. The van der Waals surface area contributed by atoms with Crippen molar-refractivity contribution < 1.29 is 9.59 Å². The standard InChI is InChI=1S/C31H32N6O3/c1-3-7-28-26(30(40)36(22-11-13-23(38)14-12-22)31-32-19(2)35-37(28)31)17-20-10-15-24(21-8-5-4-6-9-21)25(16-20)27-18-29(39)34-33-27/h4-6,8-10,15-16,22H,3,7,11-14,17-18H2,1-2H3,(H,34,39). The highest BCUT2D eigenvalue weighted by atomic mass is 16.2. The summed E-state index contributed by atoms with van der Waals surface area (Å²) in [5, 5.41) is 9.01. The summed E-state index contributed by atoms with van der Waals surface area (Å²) in [4.78, 5) is 42.9. The molecular weight excluding hydrogens is 504 g/mol. The maximum Gasteiger partial charge on any atom is 0.259 e. The number of hydrogen-bond acceptors (Lipinski definition) is 6. The van der Waals surface area contributed by atoms with Crippen molar-refractivity contribution in [2.24, 2.45) is 5.10 Å². The molecule has 0 bridgehead atoms. The average Bonchev–Trinajstić information content (AvgIpc) is 3.57. The van der Waals surface area contributed by atoms with E-state index in [9.17, 15) is 14.4 Å². The maximum absolute atomic E-state index is 14.3. The Kier molecular flexibility index (Phi) is 6.88. The number of fused-ring (bicyclic) bond motifs is 1. The number of benzene rings is 2. The number of aryl methyl sites for hydroxylation is 2. The van der Waals surface area contributed by atoms with Crippen LogP contribution in [0.4, 0.5) is 0 Å². The van der Waals surface area contributed by atoms with Crippen LogP contribution in [-0.2, 0) is 22.4 Å². The van der Waals surface area contributed by atoms with Gasteiger partial charge in [0.1, 0.15) is 11.6 Å². The summed E-state index contributed by atoms with van der Waals surface area (Å²) in [6, 6.07) is 16.1. The van der Waals surface area contributed by atoms with Crippen LogP contribution in [0.15, 0.2) is 58.4 Å². The van der Waals surface area contributed by atoms with E-state index in [-0.39, 0.29) is 29.7 Å². The number of carbonyl (C=O) groups is 2. The van der Waals surface area contributed by atoms with Gasteiger partial charge in [0.05, 0.1) is 17.8 Å². The predicted molar refractivity (Wildman–Crippen MR) is 152 cm³/mol. The van der Waals surface area contributed by atoms with Gasteiger partial charge in [0.2, 0.25) is 11.7 Å². The van der Waals surface area contributed by atoms with Gasteiger partial charge >= 0.3 is 0 Å². The van der Waals surface area contributed by atoms with Crippen LogP contribution in [0.2, 0.25) is 0 Å². The Bertz CT molecular complexity index is 1710. The van der Waals surface area contributed by atoms with Crippen LogP contribution in [0.3, 0.4) is 0 Å². The third kappa shape index (κ3) is 4.76. The van der Waals surface area contributed by atoms with Crippen molar-refractivity contribution in [2.75, 3.05) is 0 Å². The van der Waals surface area contributed by atoms with E-state index in [0.717, 1.165) is 34.4 Å². The van der Waals surface area contributed by atoms with E-state index < -0.39 is 0 Å². The lowest BCUT2D eigenvalue weighted by Crippen LogP contribution is -2.34. The van der Waals surface area contributed by atoms with Crippen LogP contribution < -0.4 is 11.0 Å². The van der Waals surface area contributed by atoms with Crippen LogP contribution in [0.5, 0.6) is 0 Å². The molecule has 2 aliphatic rings. The molecule has 0 radical (unpaired) electrons. The Balaban J connectivity index is 1.49. The van der Waals surface area contributed by atoms with Crippen molar-refractivity contribution in [2.45, 2.75) is 71.3 Å². The number of nitrogens with one attached hydrogen (secondary N) is 1. The number of hydrogen-bond donors (Lipinski definition) is 1. The molecule has 0 saturated heterocycles. The predicted octanol–water partition coefficient (Wildman–Crippen LogP) is 4.32. The molecule has 1 amide bonds. The topological polar surface area (TPSA) is 111 Å². The molecule has 0 unspecified atom stereocenters. The smallest absolute Gasteiger partial charge is 0.259 e. The van der Waals surface area contributed by atoms with Gasteiger partial charge in [-0.3, -0.25) is 19.0 Å². The first-order valence-corrected chi connectivity index (χ1v) is 14.0. The first-order chi connectivity index (χ1) is 19.4. The molecule has 4 aromatic rings. The van der Waals surface area contributed by atoms with Gasteiger partial charge in [-0.2, -0.15) is 15.2 Å². The molecule has 204 valence electrons. The Morgan fingerprint density at radius 3 is 2.48 bits per heavy atom. The molecular formula is C31H32N6O3. The highest BCUT2D eigenvalue weighted by molar-refractivity contribution is 6.16. The van der Waals surface area contributed by atoms with Crippen molar-refractivity contribution in [1.29, 1.82) is 0 Å². The quantitative estimate of drug-likeness (QED) is 0.378. The van der Waals surface area contributed by atoms with Crippen LogP contribution in [-0.4, -0.2) is 36.6 Å². The summed E-state index contributed by atoms with van der Waals surface area (Å²) in [6.07, 6.45) is 4.36. The maximum atomic E-state index is 14.3. The lowest BCUT2D eigenvalue weighted by atomic mass is 9.91. The fourth-order valence-corrected chi connectivity index (χ4v) is 5.94. The monoisotopic (exact) mass is 536 g/mol. The Labute approximate surface area is 231 Å². The fraction of sp³-hybridized carbons (Fsp3) is 0.355. The minimum absolute atomic E-state index is 0.0635. The van der Waals surface area contributed by atoms with Gasteiger partial charge in [0.15, 0.2) is 0 Å². The molecule has 2 aromatic heterocycles. The average molecular weight is 537 g/mol. The van der Waals surface area contributed by atoms with Crippen LogP contribution >= 0.6 is 0 Å². The number of ketones is 1. The molecule has 3 heterocycles. The van der Waals surface area contributed by atoms with Gasteiger partial charge in [0.25, 0.3) is 5.56 Å². The van der Waals surface area contributed by atoms with Gasteiger partial charge < -0.3 is 0 Å². The lowest BCUT2D eigenvalue weighted by molar-refractivity contribution is -0.121. The normalized spacial score (nSPS) is 16.0. The summed E-state index contributed by atoms with van der Waals surface area (Å²) >= 11 is 0. The Morgan fingerprint density at radius 1 is 1.00 bits per heavy atom. The number of rotatable bonds is 7. The number of aromatic nitrogens is 4. The second kappa shape index (κ2) is 10.6. The molecule has 2 aromatic carbocycles. The third-order valence-corrected chi connectivity index (χ3v) is 7.86. The van der Waals surface area contributed by atoms with E-state index in [0.29, 0.717) is 61.4 Å². The molecule has 0 spiro atoms. The second-order valence-electron chi connectivity index (χ2n) is 10.7. The number of amides is 1. The summed E-state index contributed by atoms with van der Waals surface area (Å²) < 4.78 is 3.62. The Morgan fingerprint density at radius 2 is 1.77 bits per heavy atom. The highest BCUT2D eigenvalue weighted by Gasteiger charge is 2.28. The van der Waals surface area contributed by atoms with Crippen molar-refractivity contribution in [1.82, 2.24) is 24.6 Å². The second-order valence-corrected chi connectivity index (χ2v) is 10.7. The van der Waals surface area contributed by atoms with Gasteiger partial charge in [-0.1, -0.05) is 55.8 Å². The minimum Gasteiger partial charge on any atom is -0.300 e. The number of Topliss-reactive ketones (excluding diaryl/α,β-unsaturated/α-hetero) is 1.